The van der Waals surface area contributed by atoms with Gasteiger partial charge in [0.15, 0.2) is 0 Å². The first kappa shape index (κ1) is 16.8. The summed E-state index contributed by atoms with van der Waals surface area (Å²) in [6, 6.07) is 6.65. The molecule has 2 aliphatic carbocycles. The summed E-state index contributed by atoms with van der Waals surface area (Å²) < 4.78 is 0. The van der Waals surface area contributed by atoms with Crippen LogP contribution in [0.1, 0.15) is 88.6 Å². The van der Waals surface area contributed by atoms with Crippen molar-refractivity contribution in [1.82, 2.24) is 9.97 Å². The number of rotatable bonds is 3. The lowest BCUT2D eigenvalue weighted by Gasteiger charge is -2.33. The molecule has 0 saturated carbocycles. The van der Waals surface area contributed by atoms with Crippen LogP contribution in [0.25, 0.3) is 0 Å². The molecule has 0 N–H and O–H groups in total. The lowest BCUT2D eigenvalue weighted by atomic mass is 9.71. The van der Waals surface area contributed by atoms with Crippen molar-refractivity contribution in [2.24, 2.45) is 0 Å². The Morgan fingerprint density at radius 3 is 2.56 bits per heavy atom. The Labute approximate surface area is 152 Å². The highest BCUT2D eigenvalue weighted by Crippen LogP contribution is 2.54. The van der Waals surface area contributed by atoms with Crippen molar-refractivity contribution in [3.63, 3.8) is 0 Å². The standard InChI is InChI=1S/C23H30N2/c1-16-13-22(4,19-14-24-12-8-17(16)19)9-10-23(5)15-21(2,3)20-18(23)7-6-11-25-20/h6-8,11-12,14,16H,9-10,13,15H2,1-5H3/t16-,22+,23+/m1/s1. The summed E-state index contributed by atoms with van der Waals surface area (Å²) in [5.41, 5.74) is 6.43. The van der Waals surface area contributed by atoms with Crippen LogP contribution >= 0.6 is 0 Å². The van der Waals surface area contributed by atoms with Crippen molar-refractivity contribution in [2.75, 3.05) is 0 Å². The predicted octanol–water partition coefficient (Wildman–Crippen LogP) is 5.66. The highest BCUT2D eigenvalue weighted by Gasteiger charge is 2.47. The third-order valence-corrected chi connectivity index (χ3v) is 6.95. The molecule has 2 heteroatoms. The van der Waals surface area contributed by atoms with Gasteiger partial charge >= 0.3 is 0 Å². The molecule has 0 fully saturated rings. The van der Waals surface area contributed by atoms with E-state index in [-0.39, 0.29) is 16.2 Å². The van der Waals surface area contributed by atoms with E-state index < -0.39 is 0 Å². The summed E-state index contributed by atoms with van der Waals surface area (Å²) in [7, 11) is 0. The highest BCUT2D eigenvalue weighted by atomic mass is 14.7. The number of nitrogens with zero attached hydrogens (tertiary/aromatic N) is 2. The number of aromatic nitrogens is 2. The molecule has 0 unspecified atom stereocenters. The van der Waals surface area contributed by atoms with Crippen LogP contribution in [-0.2, 0) is 16.2 Å². The van der Waals surface area contributed by atoms with Crippen molar-refractivity contribution >= 4 is 0 Å². The molecular weight excluding hydrogens is 304 g/mol. The Morgan fingerprint density at radius 2 is 1.76 bits per heavy atom. The molecule has 0 saturated heterocycles. The van der Waals surface area contributed by atoms with Crippen molar-refractivity contribution in [3.8, 4) is 0 Å². The van der Waals surface area contributed by atoms with E-state index in [1.165, 1.54) is 48.1 Å². The first-order valence-corrected chi connectivity index (χ1v) is 9.66. The maximum Gasteiger partial charge on any atom is 0.0497 e. The third-order valence-electron chi connectivity index (χ3n) is 6.95. The fourth-order valence-electron chi connectivity index (χ4n) is 5.83. The molecule has 2 aliphatic rings. The minimum absolute atomic E-state index is 0.175. The van der Waals surface area contributed by atoms with Crippen molar-refractivity contribution in [2.45, 2.75) is 82.5 Å². The molecule has 0 aromatic carbocycles. The van der Waals surface area contributed by atoms with Crippen LogP contribution < -0.4 is 0 Å². The number of fused-ring (bicyclic) bond motifs is 2. The Kier molecular flexibility index (Phi) is 3.62. The van der Waals surface area contributed by atoms with Gasteiger partial charge < -0.3 is 0 Å². The maximum atomic E-state index is 4.74. The molecule has 25 heavy (non-hydrogen) atoms. The lowest BCUT2D eigenvalue weighted by Crippen LogP contribution is -2.27. The molecule has 0 amide bonds. The van der Waals surface area contributed by atoms with Crippen LogP contribution in [0, 0.1) is 0 Å². The maximum absolute atomic E-state index is 4.74. The van der Waals surface area contributed by atoms with Crippen LogP contribution in [0.15, 0.2) is 36.8 Å². The Balaban J connectivity index is 1.63. The number of pyridine rings is 2. The normalized spacial score (nSPS) is 32.4. The van der Waals surface area contributed by atoms with Crippen LogP contribution in [-0.4, -0.2) is 9.97 Å². The van der Waals surface area contributed by atoms with Gasteiger partial charge in [-0.15, -0.1) is 0 Å². The molecule has 2 aromatic heterocycles. The first-order chi connectivity index (χ1) is 11.8. The van der Waals surface area contributed by atoms with Crippen molar-refractivity contribution < 1.29 is 0 Å². The Morgan fingerprint density at radius 1 is 1.00 bits per heavy atom. The Hall–Kier alpha value is -1.70. The summed E-state index contributed by atoms with van der Waals surface area (Å²) in [6.07, 6.45) is 10.9. The third kappa shape index (κ3) is 2.53. The van der Waals surface area contributed by atoms with Crippen LogP contribution in [0.5, 0.6) is 0 Å². The Bertz CT molecular complexity index is 809. The predicted molar refractivity (Wildman–Crippen MR) is 103 cm³/mol. The van der Waals surface area contributed by atoms with E-state index in [0.717, 1.165) is 0 Å². The second-order valence-corrected chi connectivity index (χ2v) is 9.65. The summed E-state index contributed by atoms with van der Waals surface area (Å²) in [4.78, 5) is 9.17. The van der Waals surface area contributed by atoms with E-state index in [2.05, 4.69) is 64.0 Å². The minimum Gasteiger partial charge on any atom is -0.264 e. The second kappa shape index (κ2) is 5.40. The molecule has 2 heterocycles. The number of hydrogen-bond acceptors (Lipinski definition) is 2. The van der Waals surface area contributed by atoms with Crippen LogP contribution in [0.2, 0.25) is 0 Å². The minimum atomic E-state index is 0.175. The van der Waals surface area contributed by atoms with Crippen LogP contribution in [0.4, 0.5) is 0 Å². The van der Waals surface area contributed by atoms with Gasteiger partial charge in [0.05, 0.1) is 0 Å². The molecule has 2 nitrogen and oxygen atoms in total. The van der Waals surface area contributed by atoms with Gasteiger partial charge in [-0.25, -0.2) is 0 Å². The molecule has 2 aromatic rings. The van der Waals surface area contributed by atoms with E-state index in [4.69, 9.17) is 4.98 Å². The van der Waals surface area contributed by atoms with E-state index in [9.17, 15) is 0 Å². The van der Waals surface area contributed by atoms with Crippen molar-refractivity contribution in [1.29, 1.82) is 0 Å². The zero-order valence-electron chi connectivity index (χ0n) is 16.3. The first-order valence-electron chi connectivity index (χ1n) is 9.66. The average Bonchev–Trinajstić information content (AvgIpc) is 2.96. The molecule has 0 radical (unpaired) electrons. The SMILES string of the molecule is C[C@@H]1C[C@](C)(CC[C@@]2(C)CC(C)(C)c3ncccc32)c2cnccc21. The summed E-state index contributed by atoms with van der Waals surface area (Å²) >= 11 is 0. The topological polar surface area (TPSA) is 25.8 Å². The molecular formula is C23H30N2. The molecule has 3 atom stereocenters. The van der Waals surface area contributed by atoms with Gasteiger partial charge in [-0.3, -0.25) is 9.97 Å². The number of hydrogen-bond donors (Lipinski definition) is 0. The van der Waals surface area contributed by atoms with E-state index in [0.29, 0.717) is 5.92 Å². The second-order valence-electron chi connectivity index (χ2n) is 9.65. The van der Waals surface area contributed by atoms with E-state index in [1.807, 2.05) is 12.4 Å². The lowest BCUT2D eigenvalue weighted by molar-refractivity contribution is 0.298. The average molecular weight is 335 g/mol. The fourth-order valence-corrected chi connectivity index (χ4v) is 5.83. The van der Waals surface area contributed by atoms with E-state index in [1.54, 1.807) is 0 Å². The zero-order chi connectivity index (χ0) is 17.9. The van der Waals surface area contributed by atoms with Gasteiger partial charge in [-0.05, 0) is 71.3 Å². The molecule has 0 spiro atoms. The van der Waals surface area contributed by atoms with Gasteiger partial charge in [-0.1, -0.05) is 40.7 Å². The molecule has 0 bridgehead atoms. The summed E-state index contributed by atoms with van der Waals surface area (Å²) in [6.45, 7) is 12.0. The molecule has 4 rings (SSSR count). The highest BCUT2D eigenvalue weighted by molar-refractivity contribution is 5.42. The monoisotopic (exact) mass is 334 g/mol. The summed E-state index contributed by atoms with van der Waals surface area (Å²) in [5, 5.41) is 0. The smallest absolute Gasteiger partial charge is 0.0497 e. The summed E-state index contributed by atoms with van der Waals surface area (Å²) in [5.74, 6) is 0.643. The van der Waals surface area contributed by atoms with Crippen molar-refractivity contribution in [3.05, 3.63) is 59.2 Å². The van der Waals surface area contributed by atoms with Gasteiger partial charge in [0.1, 0.15) is 0 Å². The quantitative estimate of drug-likeness (QED) is 0.723. The van der Waals surface area contributed by atoms with Crippen LogP contribution in [0.3, 0.4) is 0 Å². The fraction of sp³-hybridized carbons (Fsp3) is 0.565. The molecule has 0 aliphatic heterocycles. The van der Waals surface area contributed by atoms with Gasteiger partial charge in [0, 0.05) is 29.7 Å². The molecule has 132 valence electrons. The van der Waals surface area contributed by atoms with Gasteiger partial charge in [0.2, 0.25) is 0 Å². The van der Waals surface area contributed by atoms with E-state index >= 15 is 0 Å². The largest absolute Gasteiger partial charge is 0.264 e. The van der Waals surface area contributed by atoms with Gasteiger partial charge in [-0.2, -0.15) is 0 Å². The zero-order valence-corrected chi connectivity index (χ0v) is 16.3. The van der Waals surface area contributed by atoms with Gasteiger partial charge in [0.25, 0.3) is 0 Å².